The topological polar surface area (TPSA) is 47.9 Å². The first-order chi connectivity index (χ1) is 16.2. The van der Waals surface area contributed by atoms with Crippen molar-refractivity contribution in [1.29, 1.82) is 0 Å². The third-order valence-electron chi connectivity index (χ3n) is 12.4. The normalized spacial score (nSPS) is 55.2. The first-order valence-corrected chi connectivity index (χ1v) is 14.5. The van der Waals surface area contributed by atoms with E-state index in [9.17, 15) is 5.11 Å². The first-order valence-electron chi connectivity index (χ1n) is 14.5. The van der Waals surface area contributed by atoms with Gasteiger partial charge in [0.15, 0.2) is 5.79 Å². The van der Waals surface area contributed by atoms with E-state index in [2.05, 4.69) is 40.7 Å². The standard InChI is InChI=1S/C30H48O4/c1-18-8-13-30(33-16-18)19(2)27-26(34-30)15-25-23-7-6-22-14-21(20(3)32-17-31)9-11-28(22,4)24(23)10-12-29(25,27)5/h6,18-21,23-27,31H,7-17H2,1-5H3/t18-,19+,20?,21+,23?,24?,25?,26+,27+,28+,29+,30-/m1/s1. The zero-order chi connectivity index (χ0) is 23.9. The zero-order valence-electron chi connectivity index (χ0n) is 22.2. The smallest absolute Gasteiger partial charge is 0.171 e. The molecular weight excluding hydrogens is 424 g/mol. The lowest BCUT2D eigenvalue weighted by molar-refractivity contribution is -0.272. The molecule has 6 rings (SSSR count). The van der Waals surface area contributed by atoms with E-state index in [0.717, 1.165) is 37.2 Å². The highest BCUT2D eigenvalue weighted by Gasteiger charge is 2.68. The van der Waals surface area contributed by atoms with Crippen molar-refractivity contribution < 1.29 is 19.3 Å². The van der Waals surface area contributed by atoms with Crippen LogP contribution in [0.2, 0.25) is 0 Å². The van der Waals surface area contributed by atoms with Crippen LogP contribution in [0.5, 0.6) is 0 Å². The minimum absolute atomic E-state index is 0.146. The predicted molar refractivity (Wildman–Crippen MR) is 133 cm³/mol. The van der Waals surface area contributed by atoms with Gasteiger partial charge in [0.2, 0.25) is 0 Å². The molecule has 3 saturated carbocycles. The van der Waals surface area contributed by atoms with Crippen molar-refractivity contribution in [3.63, 3.8) is 0 Å². The number of hydrogen-bond donors (Lipinski definition) is 1. The quantitative estimate of drug-likeness (QED) is 0.385. The highest BCUT2D eigenvalue weighted by molar-refractivity contribution is 5.26. The van der Waals surface area contributed by atoms with Gasteiger partial charge in [0.25, 0.3) is 0 Å². The van der Waals surface area contributed by atoms with E-state index in [1.807, 2.05) is 0 Å². The summed E-state index contributed by atoms with van der Waals surface area (Å²) >= 11 is 0. The lowest BCUT2D eigenvalue weighted by atomic mass is 9.46. The summed E-state index contributed by atoms with van der Waals surface area (Å²) in [6, 6.07) is 0. The summed E-state index contributed by atoms with van der Waals surface area (Å²) in [5.41, 5.74) is 2.45. The fraction of sp³-hybridized carbons (Fsp3) is 0.933. The first kappa shape index (κ1) is 23.9. The van der Waals surface area contributed by atoms with Crippen molar-refractivity contribution in [1.82, 2.24) is 0 Å². The average Bonchev–Trinajstić information content (AvgIpc) is 3.26. The molecular formula is C30H48O4. The van der Waals surface area contributed by atoms with Crippen molar-refractivity contribution in [2.75, 3.05) is 13.4 Å². The van der Waals surface area contributed by atoms with Crippen LogP contribution >= 0.6 is 0 Å². The molecule has 4 unspecified atom stereocenters. The van der Waals surface area contributed by atoms with Crippen LogP contribution in [-0.4, -0.2) is 36.5 Å². The maximum atomic E-state index is 9.24. The van der Waals surface area contributed by atoms with Gasteiger partial charge in [-0.1, -0.05) is 39.3 Å². The molecule has 192 valence electrons. The van der Waals surface area contributed by atoms with Gasteiger partial charge in [-0.2, -0.15) is 0 Å². The van der Waals surface area contributed by atoms with Crippen LogP contribution in [0.25, 0.3) is 0 Å². The predicted octanol–water partition coefficient (Wildman–Crippen LogP) is 6.32. The molecule has 1 N–H and O–H groups in total. The second-order valence-electron chi connectivity index (χ2n) is 13.8. The Balaban J connectivity index is 1.22. The van der Waals surface area contributed by atoms with Crippen molar-refractivity contribution in [2.24, 2.45) is 52.3 Å². The summed E-state index contributed by atoms with van der Waals surface area (Å²) in [6.07, 6.45) is 14.4. The lowest BCUT2D eigenvalue weighted by Gasteiger charge is -2.59. The summed E-state index contributed by atoms with van der Waals surface area (Å²) < 4.78 is 19.0. The van der Waals surface area contributed by atoms with Gasteiger partial charge in [-0.3, -0.25) is 0 Å². The molecule has 1 spiro atoms. The number of aliphatic hydroxyl groups is 1. The highest BCUT2D eigenvalue weighted by atomic mass is 16.7. The second-order valence-corrected chi connectivity index (χ2v) is 13.8. The minimum Gasteiger partial charge on any atom is -0.371 e. The summed E-state index contributed by atoms with van der Waals surface area (Å²) in [5, 5.41) is 9.24. The van der Waals surface area contributed by atoms with E-state index in [4.69, 9.17) is 14.2 Å². The maximum absolute atomic E-state index is 9.24. The van der Waals surface area contributed by atoms with Crippen molar-refractivity contribution >= 4 is 0 Å². The number of rotatable bonds is 3. The Bertz CT molecular complexity index is 815. The van der Waals surface area contributed by atoms with E-state index in [-0.39, 0.29) is 18.7 Å². The maximum Gasteiger partial charge on any atom is 0.171 e. The molecule has 0 amide bonds. The van der Waals surface area contributed by atoms with Crippen LogP contribution in [0, 0.1) is 52.3 Å². The fourth-order valence-corrected chi connectivity index (χ4v) is 10.4. The van der Waals surface area contributed by atoms with Crippen LogP contribution in [0.4, 0.5) is 0 Å². The Labute approximate surface area is 207 Å². The van der Waals surface area contributed by atoms with Gasteiger partial charge in [-0.25, -0.2) is 0 Å². The summed E-state index contributed by atoms with van der Waals surface area (Å²) in [6.45, 7) is 12.8. The van der Waals surface area contributed by atoms with Gasteiger partial charge in [-0.05, 0) is 105 Å². The Morgan fingerprint density at radius 3 is 2.68 bits per heavy atom. The lowest BCUT2D eigenvalue weighted by Crippen LogP contribution is -2.52. The van der Waals surface area contributed by atoms with Gasteiger partial charge in [0.1, 0.15) is 6.79 Å². The number of fused-ring (bicyclic) bond motifs is 7. The molecule has 6 aliphatic rings. The van der Waals surface area contributed by atoms with Crippen LogP contribution in [0.15, 0.2) is 11.6 Å². The molecule has 0 bridgehead atoms. The summed E-state index contributed by atoms with van der Waals surface area (Å²) in [4.78, 5) is 0. The Hall–Kier alpha value is -0.420. The molecule has 0 aromatic rings. The molecule has 2 heterocycles. The van der Waals surface area contributed by atoms with E-state index in [0.29, 0.717) is 40.6 Å². The van der Waals surface area contributed by atoms with Gasteiger partial charge in [0.05, 0.1) is 18.8 Å². The van der Waals surface area contributed by atoms with E-state index in [1.165, 1.54) is 44.9 Å². The van der Waals surface area contributed by atoms with E-state index >= 15 is 0 Å². The van der Waals surface area contributed by atoms with Crippen LogP contribution in [0.3, 0.4) is 0 Å². The Morgan fingerprint density at radius 2 is 1.94 bits per heavy atom. The van der Waals surface area contributed by atoms with Crippen LogP contribution in [0.1, 0.15) is 92.4 Å². The van der Waals surface area contributed by atoms with Crippen molar-refractivity contribution in [3.05, 3.63) is 11.6 Å². The molecule has 0 aromatic carbocycles. The summed E-state index contributed by atoms with van der Waals surface area (Å²) in [5.74, 6) is 4.47. The molecule has 2 saturated heterocycles. The van der Waals surface area contributed by atoms with Crippen LogP contribution < -0.4 is 0 Å². The molecule has 4 heteroatoms. The highest BCUT2D eigenvalue weighted by Crippen LogP contribution is 2.70. The zero-order valence-corrected chi connectivity index (χ0v) is 22.2. The SMILES string of the molecule is CC(OCO)[C@H]1CC[C@@]2(C)C(=CCC3C2CC[C@@]2(C)C3C[C@@H]3O[C@]4(CC[C@@H](C)CO4)[C@@H](C)[C@@H]32)C1. The van der Waals surface area contributed by atoms with Gasteiger partial charge >= 0.3 is 0 Å². The third kappa shape index (κ3) is 3.30. The van der Waals surface area contributed by atoms with Crippen LogP contribution in [-0.2, 0) is 14.2 Å². The van der Waals surface area contributed by atoms with E-state index in [1.54, 1.807) is 5.57 Å². The number of aliphatic hydroxyl groups excluding tert-OH is 1. The van der Waals surface area contributed by atoms with Gasteiger partial charge in [0, 0.05) is 12.3 Å². The summed E-state index contributed by atoms with van der Waals surface area (Å²) in [7, 11) is 0. The molecule has 4 aliphatic carbocycles. The monoisotopic (exact) mass is 472 g/mol. The van der Waals surface area contributed by atoms with Gasteiger partial charge in [-0.15, -0.1) is 0 Å². The Kier molecular flexibility index (Phi) is 5.84. The number of allylic oxidation sites excluding steroid dienone is 2. The average molecular weight is 473 g/mol. The molecule has 34 heavy (non-hydrogen) atoms. The second kappa shape index (κ2) is 8.30. The van der Waals surface area contributed by atoms with E-state index < -0.39 is 0 Å². The van der Waals surface area contributed by atoms with Crippen molar-refractivity contribution in [2.45, 2.75) is 110 Å². The number of ether oxygens (including phenoxy) is 3. The molecule has 5 fully saturated rings. The molecule has 0 radical (unpaired) electrons. The molecule has 0 aromatic heterocycles. The molecule has 4 nitrogen and oxygen atoms in total. The van der Waals surface area contributed by atoms with Gasteiger partial charge < -0.3 is 19.3 Å². The van der Waals surface area contributed by atoms with Crippen molar-refractivity contribution in [3.8, 4) is 0 Å². The molecule has 12 atom stereocenters. The number of hydrogen-bond acceptors (Lipinski definition) is 4. The fourth-order valence-electron chi connectivity index (χ4n) is 10.4. The minimum atomic E-state index is -0.302. The third-order valence-corrected chi connectivity index (χ3v) is 12.4. The Morgan fingerprint density at radius 1 is 1.12 bits per heavy atom. The molecule has 2 aliphatic heterocycles. The largest absolute Gasteiger partial charge is 0.371 e.